The van der Waals surface area contributed by atoms with Crippen LogP contribution in [0.1, 0.15) is 53.3 Å². The standard InChI is InChI=1S/C25H29BrF2N2O5S/c1-15-21(23(29-14-31)36-22(15)26)24(32)30(16-11-25(27,28)12-16)13-20(35-17-7-9-34-10-8-17)18-5-3-4-6-19(18)33-2/h3-6,14,16-17,20H,7-13H2,1-2H3,(H,29,31). The van der Waals surface area contributed by atoms with E-state index >= 15 is 0 Å². The number of anilines is 1. The maximum absolute atomic E-state index is 14.0. The van der Waals surface area contributed by atoms with Crippen molar-refractivity contribution in [3.63, 3.8) is 0 Å². The summed E-state index contributed by atoms with van der Waals surface area (Å²) in [5, 5.41) is 2.95. The zero-order chi connectivity index (χ0) is 25.9. The monoisotopic (exact) mass is 586 g/mol. The molecule has 11 heteroatoms. The zero-order valence-corrected chi connectivity index (χ0v) is 22.5. The number of hydrogen-bond donors (Lipinski definition) is 1. The second kappa shape index (κ2) is 11.5. The fourth-order valence-corrected chi connectivity index (χ4v) is 6.23. The molecule has 0 spiro atoms. The molecule has 2 fully saturated rings. The topological polar surface area (TPSA) is 77.1 Å². The number of para-hydroxylation sites is 1. The Bertz CT molecular complexity index is 1080. The summed E-state index contributed by atoms with van der Waals surface area (Å²) in [4.78, 5) is 26.6. The molecule has 0 bridgehead atoms. The number of carbonyl (C=O) groups is 2. The van der Waals surface area contributed by atoms with Crippen molar-refractivity contribution in [3.8, 4) is 5.75 Å². The molecule has 1 atom stereocenters. The highest BCUT2D eigenvalue weighted by Crippen LogP contribution is 2.44. The number of thiophene rings is 1. The lowest BCUT2D eigenvalue weighted by Gasteiger charge is -2.44. The molecule has 4 rings (SSSR count). The van der Waals surface area contributed by atoms with Crippen LogP contribution in [0.15, 0.2) is 28.1 Å². The summed E-state index contributed by atoms with van der Waals surface area (Å²) in [6, 6.07) is 6.71. The largest absolute Gasteiger partial charge is 0.496 e. The van der Waals surface area contributed by atoms with E-state index in [1.165, 1.54) is 16.2 Å². The molecule has 2 amide bonds. The molecule has 1 aromatic carbocycles. The Labute approximate surface area is 221 Å². The zero-order valence-electron chi connectivity index (χ0n) is 20.1. The molecule has 1 N–H and O–H groups in total. The van der Waals surface area contributed by atoms with Gasteiger partial charge in [0, 0.05) is 37.7 Å². The summed E-state index contributed by atoms with van der Waals surface area (Å²) < 4.78 is 46.2. The number of benzene rings is 1. The molecular weight excluding hydrogens is 558 g/mol. The minimum atomic E-state index is -2.82. The Balaban J connectivity index is 1.70. The van der Waals surface area contributed by atoms with Crippen molar-refractivity contribution in [3.05, 3.63) is 44.7 Å². The first-order chi connectivity index (χ1) is 17.2. The van der Waals surface area contributed by atoms with E-state index in [4.69, 9.17) is 14.2 Å². The second-order valence-electron chi connectivity index (χ2n) is 9.02. The highest BCUT2D eigenvalue weighted by atomic mass is 79.9. The predicted molar refractivity (Wildman–Crippen MR) is 136 cm³/mol. The van der Waals surface area contributed by atoms with Gasteiger partial charge in [-0.2, -0.15) is 0 Å². The Morgan fingerprint density at radius 2 is 2.03 bits per heavy atom. The van der Waals surface area contributed by atoms with Crippen molar-refractivity contribution in [1.82, 2.24) is 4.90 Å². The van der Waals surface area contributed by atoms with E-state index < -0.39 is 36.8 Å². The number of rotatable bonds is 10. The molecule has 1 aromatic heterocycles. The Morgan fingerprint density at radius 3 is 2.67 bits per heavy atom. The van der Waals surface area contributed by atoms with E-state index in [9.17, 15) is 18.4 Å². The average Bonchev–Trinajstić information content (AvgIpc) is 3.13. The Hall–Kier alpha value is -2.08. The van der Waals surface area contributed by atoms with Crippen LogP contribution in [-0.2, 0) is 14.3 Å². The summed E-state index contributed by atoms with van der Waals surface area (Å²) in [7, 11) is 1.56. The van der Waals surface area contributed by atoms with Gasteiger partial charge in [0.25, 0.3) is 11.8 Å². The number of methoxy groups -OCH3 is 1. The SMILES string of the molecule is COc1ccccc1C(CN(C(=O)c1c(NC=O)sc(Br)c1C)C1CC(F)(F)C1)OC1CCOCC1. The number of ether oxygens (including phenoxy) is 3. The predicted octanol–water partition coefficient (Wildman–Crippen LogP) is 5.57. The van der Waals surface area contributed by atoms with Gasteiger partial charge in [0.1, 0.15) is 16.9 Å². The van der Waals surface area contributed by atoms with Crippen LogP contribution in [0.4, 0.5) is 13.8 Å². The van der Waals surface area contributed by atoms with Crippen molar-refractivity contribution in [2.75, 3.05) is 32.2 Å². The molecule has 7 nitrogen and oxygen atoms in total. The molecule has 2 aromatic rings. The van der Waals surface area contributed by atoms with Crippen molar-refractivity contribution in [1.29, 1.82) is 0 Å². The highest BCUT2D eigenvalue weighted by molar-refractivity contribution is 9.11. The van der Waals surface area contributed by atoms with Gasteiger partial charge in [0.2, 0.25) is 6.41 Å². The molecule has 196 valence electrons. The molecule has 1 aliphatic heterocycles. The lowest BCUT2D eigenvalue weighted by atomic mass is 9.86. The van der Waals surface area contributed by atoms with Gasteiger partial charge >= 0.3 is 0 Å². The van der Waals surface area contributed by atoms with Gasteiger partial charge in [-0.1, -0.05) is 18.2 Å². The van der Waals surface area contributed by atoms with Crippen molar-refractivity contribution in [2.45, 2.75) is 56.8 Å². The fraction of sp³-hybridized carbons (Fsp3) is 0.520. The number of nitrogens with zero attached hydrogens (tertiary/aromatic N) is 1. The van der Waals surface area contributed by atoms with Crippen LogP contribution in [0.3, 0.4) is 0 Å². The van der Waals surface area contributed by atoms with Gasteiger partial charge in [-0.15, -0.1) is 11.3 Å². The molecule has 2 aliphatic rings. The maximum Gasteiger partial charge on any atom is 0.257 e. The van der Waals surface area contributed by atoms with E-state index in [1.54, 1.807) is 14.0 Å². The van der Waals surface area contributed by atoms with Gasteiger partial charge in [-0.05, 0) is 47.3 Å². The third-order valence-electron chi connectivity index (χ3n) is 6.64. The second-order valence-corrected chi connectivity index (χ2v) is 11.4. The Kier molecular flexibility index (Phi) is 8.64. The minimum absolute atomic E-state index is 0.0603. The smallest absolute Gasteiger partial charge is 0.257 e. The molecule has 1 unspecified atom stereocenters. The van der Waals surface area contributed by atoms with Crippen LogP contribution in [0.5, 0.6) is 5.75 Å². The normalized spacial score (nSPS) is 18.8. The maximum atomic E-state index is 14.0. The van der Waals surface area contributed by atoms with E-state index in [1.807, 2.05) is 24.3 Å². The number of amides is 2. The number of halogens is 3. The molecule has 36 heavy (non-hydrogen) atoms. The van der Waals surface area contributed by atoms with Gasteiger partial charge in [0.15, 0.2) is 0 Å². The van der Waals surface area contributed by atoms with Crippen LogP contribution in [0.2, 0.25) is 0 Å². The van der Waals surface area contributed by atoms with Crippen molar-refractivity contribution in [2.24, 2.45) is 0 Å². The number of alkyl halides is 2. The lowest BCUT2D eigenvalue weighted by Crippen LogP contribution is -2.54. The van der Waals surface area contributed by atoms with E-state index in [0.717, 1.165) is 5.56 Å². The van der Waals surface area contributed by atoms with Crippen LogP contribution in [0.25, 0.3) is 0 Å². The lowest BCUT2D eigenvalue weighted by molar-refractivity contribution is -0.129. The van der Waals surface area contributed by atoms with Crippen LogP contribution < -0.4 is 10.1 Å². The molecule has 2 heterocycles. The van der Waals surface area contributed by atoms with Gasteiger partial charge < -0.3 is 24.4 Å². The molecule has 1 aliphatic carbocycles. The van der Waals surface area contributed by atoms with Crippen molar-refractivity contribution >= 4 is 44.6 Å². The summed E-state index contributed by atoms with van der Waals surface area (Å²) in [6.07, 6.45) is 0.355. The first-order valence-electron chi connectivity index (χ1n) is 11.8. The van der Waals surface area contributed by atoms with Crippen LogP contribution in [0, 0.1) is 6.92 Å². The highest BCUT2D eigenvalue weighted by Gasteiger charge is 2.50. The number of nitrogens with one attached hydrogen (secondary N) is 1. The molecule has 0 radical (unpaired) electrons. The van der Waals surface area contributed by atoms with Gasteiger partial charge in [-0.3, -0.25) is 9.59 Å². The number of carbonyl (C=O) groups excluding carboxylic acids is 2. The molecule has 1 saturated heterocycles. The number of hydrogen-bond acceptors (Lipinski definition) is 6. The summed E-state index contributed by atoms with van der Waals surface area (Å²) in [6.45, 7) is 2.96. The van der Waals surface area contributed by atoms with E-state index in [0.29, 0.717) is 58.1 Å². The minimum Gasteiger partial charge on any atom is -0.496 e. The summed E-state index contributed by atoms with van der Waals surface area (Å²) in [5.74, 6) is -2.65. The third kappa shape index (κ3) is 5.90. The van der Waals surface area contributed by atoms with Crippen molar-refractivity contribution < 1.29 is 32.6 Å². The quantitative estimate of drug-likeness (QED) is 0.368. The molecular formula is C25H29BrF2N2O5S. The molecule has 1 saturated carbocycles. The van der Waals surface area contributed by atoms with Crippen LogP contribution >= 0.6 is 27.3 Å². The van der Waals surface area contributed by atoms with Crippen LogP contribution in [-0.4, -0.2) is 62.2 Å². The first-order valence-corrected chi connectivity index (χ1v) is 13.4. The third-order valence-corrected chi connectivity index (χ3v) is 8.73. The Morgan fingerprint density at radius 1 is 1.33 bits per heavy atom. The van der Waals surface area contributed by atoms with Gasteiger partial charge in [0.05, 0.1) is 29.1 Å². The van der Waals surface area contributed by atoms with E-state index in [2.05, 4.69) is 21.2 Å². The summed E-state index contributed by atoms with van der Waals surface area (Å²) >= 11 is 4.64. The van der Waals surface area contributed by atoms with E-state index in [-0.39, 0.29) is 12.6 Å². The first kappa shape index (κ1) is 27.0. The summed E-state index contributed by atoms with van der Waals surface area (Å²) in [5.41, 5.74) is 1.67. The van der Waals surface area contributed by atoms with Gasteiger partial charge in [-0.25, -0.2) is 8.78 Å². The average molecular weight is 587 g/mol. The fourth-order valence-electron chi connectivity index (χ4n) is 4.66.